The Morgan fingerprint density at radius 2 is 2.25 bits per heavy atom. The molecule has 3 rings (SSSR count). The molecule has 0 aliphatic carbocycles. The molecule has 2 heterocycles. The number of halogens is 1. The quantitative estimate of drug-likeness (QED) is 0.896. The van der Waals surface area contributed by atoms with Crippen LogP contribution in [0.5, 0.6) is 0 Å². The summed E-state index contributed by atoms with van der Waals surface area (Å²) in [6.07, 6.45) is 0.981. The summed E-state index contributed by atoms with van der Waals surface area (Å²) in [5.74, 6) is -0.382. The van der Waals surface area contributed by atoms with Crippen LogP contribution in [0.1, 0.15) is 33.3 Å². The van der Waals surface area contributed by atoms with E-state index >= 15 is 0 Å². The molecule has 1 atom stereocenters. The van der Waals surface area contributed by atoms with Gasteiger partial charge in [0, 0.05) is 11.6 Å². The minimum absolute atomic E-state index is 0.331. The second-order valence-corrected chi connectivity index (χ2v) is 6.51. The highest BCUT2D eigenvalue weighted by atomic mass is 35.5. The lowest BCUT2D eigenvalue weighted by molar-refractivity contribution is 0.100. The molecule has 104 valence electrons. The van der Waals surface area contributed by atoms with E-state index < -0.39 is 0 Å². The first-order chi connectivity index (χ1) is 9.50. The van der Waals surface area contributed by atoms with Gasteiger partial charge in [0.05, 0.1) is 10.4 Å². The number of nitrogens with two attached hydrogens (primary N) is 1. The Morgan fingerprint density at radius 1 is 1.45 bits per heavy atom. The van der Waals surface area contributed by atoms with E-state index in [0.29, 0.717) is 4.88 Å². The van der Waals surface area contributed by atoms with Gasteiger partial charge in [-0.3, -0.25) is 4.79 Å². The maximum atomic E-state index is 11.3. The maximum Gasteiger partial charge on any atom is 0.258 e. The topological polar surface area (TPSA) is 55.1 Å². The number of rotatable bonds is 2. The first kappa shape index (κ1) is 13.6. The molecular formula is C15H15ClN2OS. The Bertz CT molecular complexity index is 682. The average molecular weight is 307 g/mol. The molecule has 0 saturated heterocycles. The molecule has 0 saturated carbocycles. The highest BCUT2D eigenvalue weighted by molar-refractivity contribution is 7.12. The normalized spacial score (nSPS) is 21.5. The first-order valence-corrected chi connectivity index (χ1v) is 7.69. The number of benzene rings is 1. The predicted octanol–water partition coefficient (Wildman–Crippen LogP) is 2.91. The van der Waals surface area contributed by atoms with Crippen LogP contribution in [0.2, 0.25) is 5.02 Å². The summed E-state index contributed by atoms with van der Waals surface area (Å²) >= 11 is 7.53. The summed E-state index contributed by atoms with van der Waals surface area (Å²) in [5.41, 5.74) is 8.54. The van der Waals surface area contributed by atoms with Crippen molar-refractivity contribution < 1.29 is 4.79 Å². The van der Waals surface area contributed by atoms with E-state index in [9.17, 15) is 4.79 Å². The Kier molecular flexibility index (Phi) is 3.32. The summed E-state index contributed by atoms with van der Waals surface area (Å²) in [7, 11) is 0. The third-order valence-electron chi connectivity index (χ3n) is 3.90. The van der Waals surface area contributed by atoms with E-state index in [0.717, 1.165) is 23.6 Å². The van der Waals surface area contributed by atoms with Crippen LogP contribution in [0.3, 0.4) is 0 Å². The van der Waals surface area contributed by atoms with Crippen molar-refractivity contribution in [3.05, 3.63) is 56.2 Å². The zero-order valence-electron chi connectivity index (χ0n) is 11.1. The molecule has 0 bridgehead atoms. The van der Waals surface area contributed by atoms with Gasteiger partial charge in [0.25, 0.3) is 5.91 Å². The number of hydrogen-bond acceptors (Lipinski definition) is 3. The highest BCUT2D eigenvalue weighted by Gasteiger charge is 2.34. The molecule has 0 fully saturated rings. The van der Waals surface area contributed by atoms with E-state index in [1.54, 1.807) is 0 Å². The van der Waals surface area contributed by atoms with Crippen molar-refractivity contribution in [2.75, 3.05) is 6.54 Å². The van der Waals surface area contributed by atoms with Crippen molar-refractivity contribution in [1.29, 1.82) is 0 Å². The summed E-state index contributed by atoms with van der Waals surface area (Å²) < 4.78 is 0. The van der Waals surface area contributed by atoms with Gasteiger partial charge < -0.3 is 11.1 Å². The van der Waals surface area contributed by atoms with E-state index in [1.807, 2.05) is 23.6 Å². The molecule has 1 amide bonds. The zero-order chi connectivity index (χ0) is 14.3. The number of nitrogens with one attached hydrogen (secondary N) is 1. The van der Waals surface area contributed by atoms with Crippen molar-refractivity contribution >= 4 is 28.8 Å². The van der Waals surface area contributed by atoms with Gasteiger partial charge in [0.2, 0.25) is 0 Å². The molecule has 2 aromatic rings. The van der Waals surface area contributed by atoms with Gasteiger partial charge in [-0.05, 0) is 53.6 Å². The molecule has 1 aromatic heterocycles. The Balaban J connectivity index is 2.12. The number of carbonyl (C=O) groups is 1. The lowest BCUT2D eigenvalue weighted by atomic mass is 9.80. The fraction of sp³-hybridized carbons (Fsp3) is 0.267. The number of hydrogen-bond donors (Lipinski definition) is 2. The maximum absolute atomic E-state index is 11.3. The molecule has 1 unspecified atom stereocenters. The molecule has 0 spiro atoms. The van der Waals surface area contributed by atoms with E-state index in [4.69, 9.17) is 17.3 Å². The van der Waals surface area contributed by atoms with Crippen LogP contribution in [0.15, 0.2) is 29.6 Å². The van der Waals surface area contributed by atoms with Gasteiger partial charge in [-0.1, -0.05) is 17.7 Å². The number of fused-ring (bicyclic) bond motifs is 1. The van der Waals surface area contributed by atoms with Gasteiger partial charge in [-0.15, -0.1) is 11.3 Å². The molecule has 5 heteroatoms. The van der Waals surface area contributed by atoms with Crippen molar-refractivity contribution in [1.82, 2.24) is 5.32 Å². The molecule has 0 radical (unpaired) electrons. The van der Waals surface area contributed by atoms with E-state index in [1.165, 1.54) is 22.5 Å². The minimum Gasteiger partial charge on any atom is -0.365 e. The van der Waals surface area contributed by atoms with Crippen molar-refractivity contribution in [2.24, 2.45) is 5.73 Å². The van der Waals surface area contributed by atoms with Crippen molar-refractivity contribution in [3.63, 3.8) is 0 Å². The molecule has 1 aliphatic heterocycles. The van der Waals surface area contributed by atoms with E-state index in [-0.39, 0.29) is 11.4 Å². The summed E-state index contributed by atoms with van der Waals surface area (Å²) in [4.78, 5) is 11.9. The van der Waals surface area contributed by atoms with Crippen LogP contribution in [0, 0.1) is 0 Å². The smallest absolute Gasteiger partial charge is 0.258 e. The third-order valence-corrected chi connectivity index (χ3v) is 5.08. The Morgan fingerprint density at radius 3 is 2.95 bits per heavy atom. The lowest BCUT2D eigenvalue weighted by Crippen LogP contribution is -2.45. The standard InChI is InChI=1S/C15H15ClN2OS/c1-15(10-6-13(14(17)19)20-8-10)12-7-11(16)3-2-9(12)4-5-18-15/h2-3,6-8,18H,4-5H2,1H3,(H2,17,19). The monoisotopic (exact) mass is 306 g/mol. The molecule has 20 heavy (non-hydrogen) atoms. The number of thiophene rings is 1. The Labute approximate surface area is 126 Å². The van der Waals surface area contributed by atoms with E-state index in [2.05, 4.69) is 18.3 Å². The van der Waals surface area contributed by atoms with Gasteiger partial charge in [-0.2, -0.15) is 0 Å². The molecular weight excluding hydrogens is 292 g/mol. The Hall–Kier alpha value is -1.36. The van der Waals surface area contributed by atoms with Crippen LogP contribution in [0.4, 0.5) is 0 Å². The van der Waals surface area contributed by atoms with Crippen LogP contribution < -0.4 is 11.1 Å². The second-order valence-electron chi connectivity index (χ2n) is 5.17. The minimum atomic E-state index is -0.382. The third kappa shape index (κ3) is 2.14. The molecule has 3 nitrogen and oxygen atoms in total. The van der Waals surface area contributed by atoms with Gasteiger partial charge in [0.15, 0.2) is 0 Å². The van der Waals surface area contributed by atoms with Crippen LogP contribution in [-0.2, 0) is 12.0 Å². The molecule has 1 aliphatic rings. The predicted molar refractivity (Wildman–Crippen MR) is 82.4 cm³/mol. The molecule has 3 N–H and O–H groups in total. The number of amides is 1. The van der Waals surface area contributed by atoms with Gasteiger partial charge >= 0.3 is 0 Å². The largest absolute Gasteiger partial charge is 0.365 e. The second kappa shape index (κ2) is 4.88. The van der Waals surface area contributed by atoms with Gasteiger partial charge in [-0.25, -0.2) is 0 Å². The van der Waals surface area contributed by atoms with Crippen molar-refractivity contribution in [3.8, 4) is 0 Å². The highest BCUT2D eigenvalue weighted by Crippen LogP contribution is 2.37. The zero-order valence-corrected chi connectivity index (χ0v) is 12.6. The van der Waals surface area contributed by atoms with Crippen LogP contribution in [0.25, 0.3) is 0 Å². The SMILES string of the molecule is CC1(c2csc(C(N)=O)c2)NCCc2ccc(Cl)cc21. The summed E-state index contributed by atoms with van der Waals surface area (Å²) in [5, 5.41) is 6.26. The summed E-state index contributed by atoms with van der Waals surface area (Å²) in [6.45, 7) is 3.01. The number of primary amides is 1. The lowest BCUT2D eigenvalue weighted by Gasteiger charge is -2.37. The van der Waals surface area contributed by atoms with Gasteiger partial charge in [0.1, 0.15) is 0 Å². The van der Waals surface area contributed by atoms with Crippen LogP contribution in [-0.4, -0.2) is 12.5 Å². The van der Waals surface area contributed by atoms with Crippen LogP contribution >= 0.6 is 22.9 Å². The van der Waals surface area contributed by atoms with Crippen molar-refractivity contribution in [2.45, 2.75) is 18.9 Å². The fourth-order valence-electron chi connectivity index (χ4n) is 2.76. The fourth-order valence-corrected chi connectivity index (χ4v) is 3.80. The average Bonchev–Trinajstić information content (AvgIpc) is 2.90. The number of carbonyl (C=O) groups excluding carboxylic acids is 1. The molecule has 1 aromatic carbocycles. The summed E-state index contributed by atoms with van der Waals surface area (Å²) in [6, 6.07) is 7.88. The first-order valence-electron chi connectivity index (χ1n) is 6.43.